The molecule has 0 saturated heterocycles. The Kier molecular flexibility index (Phi) is 6.34. The summed E-state index contributed by atoms with van der Waals surface area (Å²) in [6.07, 6.45) is 0.210. The fourth-order valence-corrected chi connectivity index (χ4v) is 1.81. The Morgan fingerprint density at radius 1 is 1.24 bits per heavy atom. The molecule has 0 saturated carbocycles. The van der Waals surface area contributed by atoms with Gasteiger partial charge in [0.1, 0.15) is 12.3 Å². The Balaban J connectivity index is 2.60. The van der Waals surface area contributed by atoms with E-state index in [1.165, 1.54) is 0 Å². The first-order chi connectivity index (χ1) is 9.81. The molecule has 5 heteroatoms. The molecule has 21 heavy (non-hydrogen) atoms. The minimum absolute atomic E-state index is 0.339. The molecular weight excluding hydrogens is 273 g/mol. The van der Waals surface area contributed by atoms with Crippen molar-refractivity contribution in [3.8, 4) is 0 Å². The maximum atomic E-state index is 12.6. The quantitative estimate of drug-likeness (QED) is 0.877. The second kappa shape index (κ2) is 7.76. The fourth-order valence-electron chi connectivity index (χ4n) is 1.81. The van der Waals surface area contributed by atoms with Gasteiger partial charge in [-0.3, -0.25) is 4.79 Å². The number of amides is 1. The van der Waals surface area contributed by atoms with Crippen molar-refractivity contribution in [3.05, 3.63) is 35.9 Å². The zero-order valence-electron chi connectivity index (χ0n) is 12.7. The van der Waals surface area contributed by atoms with Crippen LogP contribution in [0.5, 0.6) is 0 Å². The maximum Gasteiger partial charge on any atom is 0.408 e. The SMILES string of the molecule is CC(C)(C)OC(=O)N[C@@H](CCc1ccccc1)C(=O)CF. The van der Waals surface area contributed by atoms with Crippen LogP contribution in [-0.2, 0) is 16.0 Å². The predicted molar refractivity (Wildman–Crippen MR) is 78.9 cm³/mol. The predicted octanol–water partition coefficient (Wildman–Crippen LogP) is 3.05. The largest absolute Gasteiger partial charge is 0.444 e. The Morgan fingerprint density at radius 2 is 1.86 bits per heavy atom. The smallest absolute Gasteiger partial charge is 0.408 e. The molecular formula is C16H22FNO3. The molecule has 0 radical (unpaired) electrons. The third-order valence-corrected chi connectivity index (χ3v) is 2.78. The summed E-state index contributed by atoms with van der Waals surface area (Å²) in [5, 5.41) is 2.44. The van der Waals surface area contributed by atoms with E-state index in [0.717, 1.165) is 5.56 Å². The Hall–Kier alpha value is -1.91. The van der Waals surface area contributed by atoms with Gasteiger partial charge in [-0.15, -0.1) is 0 Å². The number of alkyl carbamates (subject to hydrolysis) is 1. The molecule has 0 aliphatic heterocycles. The average Bonchev–Trinajstić information content (AvgIpc) is 2.41. The van der Waals surface area contributed by atoms with Crippen LogP contribution in [0.1, 0.15) is 32.8 Å². The molecule has 0 heterocycles. The fraction of sp³-hybridized carbons (Fsp3) is 0.500. The van der Waals surface area contributed by atoms with Crippen molar-refractivity contribution in [1.29, 1.82) is 0 Å². The normalized spacial score (nSPS) is 12.6. The molecule has 1 atom stereocenters. The van der Waals surface area contributed by atoms with Gasteiger partial charge in [-0.1, -0.05) is 30.3 Å². The number of hydrogen-bond donors (Lipinski definition) is 1. The van der Waals surface area contributed by atoms with Gasteiger partial charge in [-0.25, -0.2) is 9.18 Å². The topological polar surface area (TPSA) is 55.4 Å². The summed E-state index contributed by atoms with van der Waals surface area (Å²) >= 11 is 0. The van der Waals surface area contributed by atoms with Crippen molar-refractivity contribution in [2.45, 2.75) is 45.3 Å². The summed E-state index contributed by atoms with van der Waals surface area (Å²) in [5.74, 6) is -0.642. The van der Waals surface area contributed by atoms with Crippen LogP contribution in [0.4, 0.5) is 9.18 Å². The number of rotatable bonds is 6. The molecule has 4 nitrogen and oxygen atoms in total. The van der Waals surface area contributed by atoms with E-state index in [4.69, 9.17) is 4.74 Å². The Morgan fingerprint density at radius 3 is 2.38 bits per heavy atom. The number of ketones is 1. The van der Waals surface area contributed by atoms with Crippen LogP contribution in [0.3, 0.4) is 0 Å². The molecule has 0 aliphatic carbocycles. The molecule has 1 amide bonds. The van der Waals surface area contributed by atoms with E-state index in [0.29, 0.717) is 12.8 Å². The van der Waals surface area contributed by atoms with Gasteiger partial charge in [-0.05, 0) is 39.2 Å². The lowest BCUT2D eigenvalue weighted by Crippen LogP contribution is -2.44. The molecule has 0 aromatic heterocycles. The van der Waals surface area contributed by atoms with Crippen molar-refractivity contribution < 1.29 is 18.7 Å². The molecule has 0 fully saturated rings. The lowest BCUT2D eigenvalue weighted by molar-refractivity contribution is -0.122. The highest BCUT2D eigenvalue weighted by molar-refractivity contribution is 5.88. The van der Waals surface area contributed by atoms with Gasteiger partial charge in [0.15, 0.2) is 5.78 Å². The minimum Gasteiger partial charge on any atom is -0.444 e. The molecule has 1 aromatic carbocycles. The summed E-state index contributed by atoms with van der Waals surface area (Å²) in [5.41, 5.74) is 0.368. The molecule has 1 aromatic rings. The van der Waals surface area contributed by atoms with E-state index in [1.807, 2.05) is 30.3 Å². The highest BCUT2D eigenvalue weighted by atomic mass is 19.1. The minimum atomic E-state index is -1.10. The highest BCUT2D eigenvalue weighted by Gasteiger charge is 2.23. The van der Waals surface area contributed by atoms with Gasteiger partial charge in [0.25, 0.3) is 0 Å². The van der Waals surface area contributed by atoms with Gasteiger partial charge in [0.05, 0.1) is 6.04 Å². The summed E-state index contributed by atoms with van der Waals surface area (Å²) < 4.78 is 17.7. The first-order valence-electron chi connectivity index (χ1n) is 6.94. The van der Waals surface area contributed by atoms with E-state index >= 15 is 0 Å². The van der Waals surface area contributed by atoms with Crippen molar-refractivity contribution >= 4 is 11.9 Å². The maximum absolute atomic E-state index is 12.6. The molecule has 0 spiro atoms. The first kappa shape index (κ1) is 17.1. The third-order valence-electron chi connectivity index (χ3n) is 2.78. The van der Waals surface area contributed by atoms with Gasteiger partial charge >= 0.3 is 6.09 Å². The van der Waals surface area contributed by atoms with Crippen molar-refractivity contribution in [1.82, 2.24) is 5.32 Å². The average molecular weight is 295 g/mol. The van der Waals surface area contributed by atoms with E-state index in [2.05, 4.69) is 5.32 Å². The van der Waals surface area contributed by atoms with Crippen LogP contribution in [0, 0.1) is 0 Å². The number of benzene rings is 1. The van der Waals surface area contributed by atoms with Crippen LogP contribution in [0.15, 0.2) is 30.3 Å². The van der Waals surface area contributed by atoms with E-state index in [-0.39, 0.29) is 0 Å². The number of alkyl halides is 1. The zero-order chi connectivity index (χ0) is 15.9. The Bertz CT molecular complexity index is 468. The van der Waals surface area contributed by atoms with E-state index in [9.17, 15) is 14.0 Å². The van der Waals surface area contributed by atoms with Crippen LogP contribution < -0.4 is 5.32 Å². The molecule has 0 unspecified atom stereocenters. The van der Waals surface area contributed by atoms with Crippen molar-refractivity contribution in [3.63, 3.8) is 0 Å². The van der Waals surface area contributed by atoms with E-state index < -0.39 is 30.2 Å². The van der Waals surface area contributed by atoms with Gasteiger partial charge in [0.2, 0.25) is 0 Å². The molecule has 116 valence electrons. The van der Waals surface area contributed by atoms with Crippen LogP contribution >= 0.6 is 0 Å². The lowest BCUT2D eigenvalue weighted by Gasteiger charge is -2.22. The number of halogens is 1. The molecule has 0 aliphatic rings. The number of carbonyl (C=O) groups excluding carboxylic acids is 2. The van der Waals surface area contributed by atoms with Crippen LogP contribution in [0.25, 0.3) is 0 Å². The third kappa shape index (κ3) is 6.88. The zero-order valence-corrected chi connectivity index (χ0v) is 12.7. The number of carbonyl (C=O) groups is 2. The summed E-state index contributed by atoms with van der Waals surface area (Å²) in [4.78, 5) is 23.3. The number of Topliss-reactive ketones (excluding diaryl/α,β-unsaturated/α-hetero) is 1. The van der Waals surface area contributed by atoms with E-state index in [1.54, 1.807) is 20.8 Å². The Labute approximate surface area is 124 Å². The van der Waals surface area contributed by atoms with Crippen molar-refractivity contribution in [2.75, 3.05) is 6.67 Å². The lowest BCUT2D eigenvalue weighted by atomic mass is 10.0. The second-order valence-corrected chi connectivity index (χ2v) is 5.82. The summed E-state index contributed by atoms with van der Waals surface area (Å²) in [7, 11) is 0. The summed E-state index contributed by atoms with van der Waals surface area (Å²) in [6, 6.07) is 8.65. The summed E-state index contributed by atoms with van der Waals surface area (Å²) in [6.45, 7) is 4.07. The molecule has 1 rings (SSSR count). The van der Waals surface area contributed by atoms with Crippen LogP contribution in [-0.4, -0.2) is 30.2 Å². The van der Waals surface area contributed by atoms with Gasteiger partial charge < -0.3 is 10.1 Å². The monoisotopic (exact) mass is 295 g/mol. The van der Waals surface area contributed by atoms with Gasteiger partial charge in [0, 0.05) is 0 Å². The number of nitrogens with one attached hydrogen (secondary N) is 1. The highest BCUT2D eigenvalue weighted by Crippen LogP contribution is 2.09. The van der Waals surface area contributed by atoms with Crippen LogP contribution in [0.2, 0.25) is 0 Å². The standard InChI is InChI=1S/C16H22FNO3/c1-16(2,3)21-15(20)18-13(14(19)11-17)10-9-12-7-5-4-6-8-12/h4-8,13H,9-11H2,1-3H3,(H,18,20)/t13-/m0/s1. The first-order valence-corrected chi connectivity index (χ1v) is 6.94. The van der Waals surface area contributed by atoms with Gasteiger partial charge in [-0.2, -0.15) is 0 Å². The number of ether oxygens (including phenoxy) is 1. The second-order valence-electron chi connectivity index (χ2n) is 5.82. The number of aryl methyl sites for hydroxylation is 1. The number of hydrogen-bond acceptors (Lipinski definition) is 3. The molecule has 1 N–H and O–H groups in total. The molecule has 0 bridgehead atoms. The van der Waals surface area contributed by atoms with Crippen molar-refractivity contribution in [2.24, 2.45) is 0 Å².